The van der Waals surface area contributed by atoms with Crippen molar-refractivity contribution in [3.05, 3.63) is 29.3 Å². The molecule has 0 radical (unpaired) electrons. The predicted molar refractivity (Wildman–Crippen MR) is 74.9 cm³/mol. The number of aliphatic hydroxyl groups is 2. The number of aliphatic hydroxyl groups excluding tert-OH is 2. The zero-order valence-corrected chi connectivity index (χ0v) is 11.6. The number of methoxy groups -OCH3 is 1. The van der Waals surface area contributed by atoms with Crippen molar-refractivity contribution in [1.82, 2.24) is 5.32 Å². The van der Waals surface area contributed by atoms with Crippen LogP contribution in [-0.2, 0) is 6.54 Å². The highest BCUT2D eigenvalue weighted by molar-refractivity contribution is 5.97. The number of ether oxygens (including phenoxy) is 1. The number of hydrogen-bond acceptors (Lipinski definition) is 6. The van der Waals surface area contributed by atoms with Crippen molar-refractivity contribution in [2.75, 3.05) is 20.3 Å². The van der Waals surface area contributed by atoms with Crippen LogP contribution in [0.25, 0.3) is 0 Å². The van der Waals surface area contributed by atoms with Crippen LogP contribution in [0, 0.1) is 0 Å². The Morgan fingerprint density at radius 1 is 1.40 bits per heavy atom. The maximum Gasteiger partial charge on any atom is 0.170 e. The van der Waals surface area contributed by atoms with Crippen LogP contribution in [0.4, 0.5) is 0 Å². The molecule has 7 heteroatoms. The molecule has 1 aromatic rings. The summed E-state index contributed by atoms with van der Waals surface area (Å²) >= 11 is 0. The lowest BCUT2D eigenvalue weighted by Crippen LogP contribution is -2.48. The highest BCUT2D eigenvalue weighted by Crippen LogP contribution is 2.20. The van der Waals surface area contributed by atoms with Gasteiger partial charge in [0.05, 0.1) is 25.9 Å². The molecular formula is C13H21N3O4. The van der Waals surface area contributed by atoms with Gasteiger partial charge in [0.25, 0.3) is 0 Å². The Hall–Kier alpha value is -1.83. The van der Waals surface area contributed by atoms with E-state index < -0.39 is 5.54 Å². The second-order valence-electron chi connectivity index (χ2n) is 4.74. The number of hydrogen-bond donors (Lipinski definition) is 5. The Labute approximate surface area is 117 Å². The van der Waals surface area contributed by atoms with Crippen LogP contribution in [0.1, 0.15) is 18.1 Å². The van der Waals surface area contributed by atoms with Gasteiger partial charge in [0.2, 0.25) is 0 Å². The number of nitrogens with zero attached hydrogens (tertiary/aromatic N) is 1. The maximum absolute atomic E-state index is 9.24. The summed E-state index contributed by atoms with van der Waals surface area (Å²) in [7, 11) is 1.54. The van der Waals surface area contributed by atoms with E-state index in [0.29, 0.717) is 17.9 Å². The van der Waals surface area contributed by atoms with E-state index in [9.17, 15) is 10.2 Å². The fourth-order valence-electron chi connectivity index (χ4n) is 1.60. The van der Waals surface area contributed by atoms with Gasteiger partial charge in [-0.25, -0.2) is 0 Å². The summed E-state index contributed by atoms with van der Waals surface area (Å²) in [6.07, 6.45) is 0. The molecule has 0 saturated heterocycles. The molecule has 0 heterocycles. The van der Waals surface area contributed by atoms with Crippen LogP contribution < -0.4 is 15.8 Å². The monoisotopic (exact) mass is 283 g/mol. The average Bonchev–Trinajstić information content (AvgIpc) is 2.51. The Bertz CT molecular complexity index is 473. The van der Waals surface area contributed by atoms with E-state index in [2.05, 4.69) is 10.5 Å². The van der Waals surface area contributed by atoms with E-state index in [-0.39, 0.29) is 19.0 Å². The molecule has 7 nitrogen and oxygen atoms in total. The minimum absolute atomic E-state index is 0.000908. The number of nitrogens with one attached hydrogen (secondary N) is 1. The number of benzene rings is 1. The summed E-state index contributed by atoms with van der Waals surface area (Å²) in [6, 6.07) is 5.10. The van der Waals surface area contributed by atoms with Gasteiger partial charge in [-0.15, -0.1) is 0 Å². The molecule has 0 spiro atoms. The highest BCUT2D eigenvalue weighted by Gasteiger charge is 2.22. The Morgan fingerprint density at radius 3 is 2.55 bits per heavy atom. The van der Waals surface area contributed by atoms with Crippen molar-refractivity contribution in [3.63, 3.8) is 0 Å². The third-order valence-corrected chi connectivity index (χ3v) is 3.09. The van der Waals surface area contributed by atoms with Crippen LogP contribution in [0.3, 0.4) is 0 Å². The van der Waals surface area contributed by atoms with E-state index in [4.69, 9.17) is 15.7 Å². The number of rotatable bonds is 7. The Balaban J connectivity index is 2.97. The summed E-state index contributed by atoms with van der Waals surface area (Å²) in [4.78, 5) is 0. The van der Waals surface area contributed by atoms with Gasteiger partial charge in [0.15, 0.2) is 5.84 Å². The molecule has 1 aromatic carbocycles. The average molecular weight is 283 g/mol. The van der Waals surface area contributed by atoms with E-state index in [1.807, 2.05) is 0 Å². The second-order valence-corrected chi connectivity index (χ2v) is 4.74. The number of oxime groups is 1. The van der Waals surface area contributed by atoms with Crippen LogP contribution in [0.15, 0.2) is 23.4 Å². The SMILES string of the molecule is COc1ccc(/C(N)=N/O)cc1CNC(C)(CO)CO. The van der Waals surface area contributed by atoms with E-state index in [0.717, 1.165) is 5.56 Å². The molecule has 6 N–H and O–H groups in total. The first-order valence-corrected chi connectivity index (χ1v) is 6.11. The third-order valence-electron chi connectivity index (χ3n) is 3.09. The normalized spacial score (nSPS) is 12.5. The largest absolute Gasteiger partial charge is 0.496 e. The summed E-state index contributed by atoms with van der Waals surface area (Å²) in [5, 5.41) is 33.2. The minimum Gasteiger partial charge on any atom is -0.496 e. The molecule has 0 atom stereocenters. The molecule has 0 aliphatic rings. The summed E-state index contributed by atoms with van der Waals surface area (Å²) < 4.78 is 5.24. The Kier molecular flexibility index (Phi) is 5.75. The Morgan fingerprint density at radius 2 is 2.05 bits per heavy atom. The lowest BCUT2D eigenvalue weighted by atomic mass is 10.0. The van der Waals surface area contributed by atoms with Crippen molar-refractivity contribution < 1.29 is 20.2 Å². The van der Waals surface area contributed by atoms with Crippen LogP contribution in [-0.4, -0.2) is 47.1 Å². The molecule has 0 bridgehead atoms. The zero-order chi connectivity index (χ0) is 15.2. The molecular weight excluding hydrogens is 262 g/mol. The molecule has 0 unspecified atom stereocenters. The van der Waals surface area contributed by atoms with Crippen molar-refractivity contribution in [1.29, 1.82) is 0 Å². The van der Waals surface area contributed by atoms with Crippen molar-refractivity contribution in [3.8, 4) is 5.75 Å². The molecule has 0 aliphatic heterocycles. The van der Waals surface area contributed by atoms with Crippen LogP contribution >= 0.6 is 0 Å². The van der Waals surface area contributed by atoms with Crippen LogP contribution in [0.5, 0.6) is 5.75 Å². The first kappa shape index (κ1) is 16.2. The zero-order valence-electron chi connectivity index (χ0n) is 11.6. The lowest BCUT2D eigenvalue weighted by Gasteiger charge is -2.26. The van der Waals surface area contributed by atoms with Gasteiger partial charge in [-0.3, -0.25) is 0 Å². The summed E-state index contributed by atoms with van der Waals surface area (Å²) in [5.41, 5.74) is 6.08. The van der Waals surface area contributed by atoms with Crippen LogP contribution in [0.2, 0.25) is 0 Å². The van der Waals surface area contributed by atoms with E-state index >= 15 is 0 Å². The molecule has 20 heavy (non-hydrogen) atoms. The first-order valence-electron chi connectivity index (χ1n) is 6.11. The van der Waals surface area contributed by atoms with Gasteiger partial charge in [0.1, 0.15) is 5.75 Å². The molecule has 0 fully saturated rings. The van der Waals surface area contributed by atoms with Gasteiger partial charge < -0.3 is 31.2 Å². The molecule has 112 valence electrons. The van der Waals surface area contributed by atoms with Crippen molar-refractivity contribution in [2.24, 2.45) is 10.9 Å². The molecule has 0 aromatic heterocycles. The second kappa shape index (κ2) is 7.09. The minimum atomic E-state index is -0.794. The molecule has 0 aliphatic carbocycles. The lowest BCUT2D eigenvalue weighted by molar-refractivity contribution is 0.103. The molecule has 0 saturated carbocycles. The number of amidine groups is 1. The van der Waals surface area contributed by atoms with Gasteiger partial charge in [0, 0.05) is 17.7 Å². The maximum atomic E-state index is 9.24. The van der Waals surface area contributed by atoms with Crippen molar-refractivity contribution in [2.45, 2.75) is 19.0 Å². The topological polar surface area (TPSA) is 120 Å². The van der Waals surface area contributed by atoms with Gasteiger partial charge >= 0.3 is 0 Å². The predicted octanol–water partition coefficient (Wildman–Crippen LogP) is -0.377. The van der Waals surface area contributed by atoms with Gasteiger partial charge in [-0.1, -0.05) is 5.16 Å². The molecule has 0 amide bonds. The fourth-order valence-corrected chi connectivity index (χ4v) is 1.60. The molecule has 1 rings (SSSR count). The smallest absolute Gasteiger partial charge is 0.170 e. The highest BCUT2D eigenvalue weighted by atomic mass is 16.5. The van der Waals surface area contributed by atoms with Gasteiger partial charge in [-0.2, -0.15) is 0 Å². The summed E-state index contributed by atoms with van der Waals surface area (Å²) in [6.45, 7) is 1.65. The third kappa shape index (κ3) is 3.83. The van der Waals surface area contributed by atoms with Gasteiger partial charge in [-0.05, 0) is 25.1 Å². The fraction of sp³-hybridized carbons (Fsp3) is 0.462. The number of nitrogens with two attached hydrogens (primary N) is 1. The van der Waals surface area contributed by atoms with E-state index in [1.165, 1.54) is 0 Å². The first-order chi connectivity index (χ1) is 9.49. The van der Waals surface area contributed by atoms with E-state index in [1.54, 1.807) is 32.2 Å². The summed E-state index contributed by atoms with van der Waals surface area (Å²) in [5.74, 6) is 0.631. The quantitative estimate of drug-likeness (QED) is 0.201. The standard InChI is InChI=1S/C13H21N3O4/c1-13(7-17,8-18)15-6-10-5-9(12(14)16-19)3-4-11(10)20-2/h3-5,15,17-19H,6-8H2,1-2H3,(H2,14,16). The van der Waals surface area contributed by atoms with Crippen molar-refractivity contribution >= 4 is 5.84 Å².